The van der Waals surface area contributed by atoms with E-state index in [1.807, 2.05) is 20.8 Å². The SMILES string of the molecule is COC1(C)CC(NC(=O)NCC(O)c2ccccc2F)C1(C)C. The standard InChI is InChI=1S/C17H25FN2O3/c1-16(2)14(9-17(16,3)23-4)20-15(22)19-10-13(21)11-7-5-6-8-12(11)18/h5-8,13-14,21H,9-10H2,1-4H3,(H2,19,20,22). The van der Waals surface area contributed by atoms with E-state index in [2.05, 4.69) is 10.6 Å². The van der Waals surface area contributed by atoms with Crippen molar-refractivity contribution in [2.24, 2.45) is 5.41 Å². The molecule has 0 spiro atoms. The molecule has 128 valence electrons. The van der Waals surface area contributed by atoms with Crippen molar-refractivity contribution >= 4 is 6.03 Å². The predicted molar refractivity (Wildman–Crippen MR) is 85.5 cm³/mol. The van der Waals surface area contributed by atoms with Gasteiger partial charge in [0.05, 0.1) is 11.7 Å². The molecule has 0 radical (unpaired) electrons. The number of nitrogens with one attached hydrogen (secondary N) is 2. The zero-order valence-corrected chi connectivity index (χ0v) is 14.0. The fourth-order valence-electron chi connectivity index (χ4n) is 2.98. The normalized spacial score (nSPS) is 27.0. The van der Waals surface area contributed by atoms with Gasteiger partial charge < -0.3 is 20.5 Å². The van der Waals surface area contributed by atoms with Crippen molar-refractivity contribution in [3.63, 3.8) is 0 Å². The number of hydrogen-bond donors (Lipinski definition) is 3. The predicted octanol–water partition coefficient (Wildman–Crippen LogP) is 2.36. The first kappa shape index (κ1) is 17.7. The molecule has 3 unspecified atom stereocenters. The van der Waals surface area contributed by atoms with E-state index in [1.165, 1.54) is 12.1 Å². The van der Waals surface area contributed by atoms with Gasteiger partial charge in [-0.15, -0.1) is 0 Å². The van der Waals surface area contributed by atoms with Crippen LogP contribution in [0.5, 0.6) is 0 Å². The Morgan fingerprint density at radius 3 is 2.65 bits per heavy atom. The zero-order valence-electron chi connectivity index (χ0n) is 14.0. The maximum absolute atomic E-state index is 13.6. The second-order valence-corrected chi connectivity index (χ2v) is 6.81. The van der Waals surface area contributed by atoms with Crippen LogP contribution < -0.4 is 10.6 Å². The lowest BCUT2D eigenvalue weighted by Gasteiger charge is -2.59. The van der Waals surface area contributed by atoms with Crippen molar-refractivity contribution in [2.45, 2.75) is 44.9 Å². The molecule has 0 bridgehead atoms. The Balaban J connectivity index is 1.84. The van der Waals surface area contributed by atoms with Crippen LogP contribution in [-0.4, -0.2) is 36.4 Å². The largest absolute Gasteiger partial charge is 0.386 e. The highest BCUT2D eigenvalue weighted by atomic mass is 19.1. The van der Waals surface area contributed by atoms with Crippen molar-refractivity contribution < 1.29 is 19.0 Å². The first-order valence-corrected chi connectivity index (χ1v) is 7.73. The van der Waals surface area contributed by atoms with Crippen molar-refractivity contribution in [1.29, 1.82) is 0 Å². The molecule has 3 atom stereocenters. The number of rotatable bonds is 5. The zero-order chi connectivity index (χ0) is 17.3. The van der Waals surface area contributed by atoms with Crippen LogP contribution in [0.2, 0.25) is 0 Å². The van der Waals surface area contributed by atoms with Crippen LogP contribution in [-0.2, 0) is 4.74 Å². The first-order chi connectivity index (χ1) is 10.7. The van der Waals surface area contributed by atoms with E-state index in [1.54, 1.807) is 19.2 Å². The number of ether oxygens (including phenoxy) is 1. The minimum atomic E-state index is -1.08. The molecule has 0 saturated heterocycles. The summed E-state index contributed by atoms with van der Waals surface area (Å²) in [6.45, 7) is 6.05. The Morgan fingerprint density at radius 2 is 2.09 bits per heavy atom. The molecule has 0 aromatic heterocycles. The number of amides is 2. The molecule has 1 aliphatic carbocycles. The number of aliphatic hydroxyl groups is 1. The van der Waals surface area contributed by atoms with Crippen molar-refractivity contribution in [1.82, 2.24) is 10.6 Å². The molecule has 2 amide bonds. The number of carbonyl (C=O) groups excluding carboxylic acids is 1. The third-order valence-electron chi connectivity index (χ3n) is 5.30. The van der Waals surface area contributed by atoms with E-state index >= 15 is 0 Å². The minimum Gasteiger partial charge on any atom is -0.386 e. The van der Waals surface area contributed by atoms with Crippen molar-refractivity contribution in [3.05, 3.63) is 35.6 Å². The average molecular weight is 324 g/mol. The molecule has 1 fully saturated rings. The smallest absolute Gasteiger partial charge is 0.315 e. The molecule has 2 rings (SSSR count). The van der Waals surface area contributed by atoms with E-state index in [-0.39, 0.29) is 35.2 Å². The van der Waals surface area contributed by atoms with Crippen LogP contribution in [0.15, 0.2) is 24.3 Å². The number of methoxy groups -OCH3 is 1. The second kappa shape index (κ2) is 6.45. The lowest BCUT2D eigenvalue weighted by Crippen LogP contribution is -2.69. The highest BCUT2D eigenvalue weighted by molar-refractivity contribution is 5.74. The van der Waals surface area contributed by atoms with Gasteiger partial charge in [-0.3, -0.25) is 0 Å². The maximum Gasteiger partial charge on any atom is 0.315 e. The van der Waals surface area contributed by atoms with Crippen LogP contribution in [0.4, 0.5) is 9.18 Å². The van der Waals surface area contributed by atoms with Crippen LogP contribution in [0.25, 0.3) is 0 Å². The summed E-state index contributed by atoms with van der Waals surface area (Å²) in [6, 6.07) is 5.58. The topological polar surface area (TPSA) is 70.6 Å². The average Bonchev–Trinajstić information content (AvgIpc) is 2.52. The Morgan fingerprint density at radius 1 is 1.43 bits per heavy atom. The van der Waals surface area contributed by atoms with Gasteiger partial charge in [-0.2, -0.15) is 0 Å². The monoisotopic (exact) mass is 324 g/mol. The van der Waals surface area contributed by atoms with Gasteiger partial charge in [0.15, 0.2) is 0 Å². The van der Waals surface area contributed by atoms with E-state index < -0.39 is 11.9 Å². The molecule has 5 nitrogen and oxygen atoms in total. The molecule has 1 aromatic carbocycles. The maximum atomic E-state index is 13.6. The summed E-state index contributed by atoms with van der Waals surface area (Å²) in [5, 5.41) is 15.4. The molecule has 0 aliphatic heterocycles. The van der Waals surface area contributed by atoms with Gasteiger partial charge in [0, 0.05) is 30.7 Å². The molecular weight excluding hydrogens is 299 g/mol. The summed E-state index contributed by atoms with van der Waals surface area (Å²) < 4.78 is 19.1. The summed E-state index contributed by atoms with van der Waals surface area (Å²) >= 11 is 0. The summed E-state index contributed by atoms with van der Waals surface area (Å²) in [5.74, 6) is -0.488. The Kier molecular flexibility index (Phi) is 4.96. The van der Waals surface area contributed by atoms with Crippen LogP contribution >= 0.6 is 0 Å². The fraction of sp³-hybridized carbons (Fsp3) is 0.588. The number of benzene rings is 1. The Labute approximate surface area is 136 Å². The summed E-state index contributed by atoms with van der Waals surface area (Å²) in [5.41, 5.74) is -0.287. The van der Waals surface area contributed by atoms with Gasteiger partial charge in [-0.25, -0.2) is 9.18 Å². The van der Waals surface area contributed by atoms with E-state index in [4.69, 9.17) is 4.74 Å². The summed E-state index contributed by atoms with van der Waals surface area (Å²) in [7, 11) is 1.67. The summed E-state index contributed by atoms with van der Waals surface area (Å²) in [4.78, 5) is 12.0. The van der Waals surface area contributed by atoms with Gasteiger partial charge in [0.1, 0.15) is 5.82 Å². The fourth-order valence-corrected chi connectivity index (χ4v) is 2.98. The number of carbonyl (C=O) groups is 1. The number of hydrogen-bond acceptors (Lipinski definition) is 3. The Bertz CT molecular complexity index is 579. The van der Waals surface area contributed by atoms with Crippen molar-refractivity contribution in [3.8, 4) is 0 Å². The van der Waals surface area contributed by atoms with Gasteiger partial charge in [-0.05, 0) is 19.4 Å². The van der Waals surface area contributed by atoms with Gasteiger partial charge >= 0.3 is 6.03 Å². The van der Waals surface area contributed by atoms with Gasteiger partial charge in [-0.1, -0.05) is 32.0 Å². The Hall–Kier alpha value is -1.66. The second-order valence-electron chi connectivity index (χ2n) is 6.81. The molecule has 23 heavy (non-hydrogen) atoms. The molecule has 1 aromatic rings. The number of halogens is 1. The van der Waals surface area contributed by atoms with Crippen LogP contribution in [0, 0.1) is 11.2 Å². The van der Waals surface area contributed by atoms with E-state index in [9.17, 15) is 14.3 Å². The van der Waals surface area contributed by atoms with Gasteiger partial charge in [0.25, 0.3) is 0 Å². The van der Waals surface area contributed by atoms with E-state index in [0.29, 0.717) is 0 Å². The molecule has 1 saturated carbocycles. The number of urea groups is 1. The molecule has 1 aliphatic rings. The third kappa shape index (κ3) is 3.33. The van der Waals surface area contributed by atoms with Crippen LogP contribution in [0.1, 0.15) is 38.9 Å². The molecular formula is C17H25FN2O3. The lowest BCUT2D eigenvalue weighted by atomic mass is 9.56. The number of aliphatic hydroxyl groups excluding tert-OH is 1. The first-order valence-electron chi connectivity index (χ1n) is 7.73. The highest BCUT2D eigenvalue weighted by Gasteiger charge is 2.58. The minimum absolute atomic E-state index is 0.0157. The molecule has 6 heteroatoms. The quantitative estimate of drug-likeness (QED) is 0.779. The van der Waals surface area contributed by atoms with E-state index in [0.717, 1.165) is 6.42 Å². The molecule has 3 N–H and O–H groups in total. The molecule has 0 heterocycles. The third-order valence-corrected chi connectivity index (χ3v) is 5.30. The lowest BCUT2D eigenvalue weighted by molar-refractivity contribution is -0.177. The highest BCUT2D eigenvalue weighted by Crippen LogP contribution is 2.51. The summed E-state index contributed by atoms with van der Waals surface area (Å²) in [6.07, 6.45) is -0.361. The van der Waals surface area contributed by atoms with Gasteiger partial charge in [0.2, 0.25) is 0 Å². The van der Waals surface area contributed by atoms with Crippen molar-refractivity contribution in [2.75, 3.05) is 13.7 Å². The van der Waals surface area contributed by atoms with Crippen LogP contribution in [0.3, 0.4) is 0 Å².